The molecule has 1 aliphatic rings. The Balaban J connectivity index is 0.00000176. The molecule has 0 saturated carbocycles. The van der Waals surface area contributed by atoms with Gasteiger partial charge in [0.25, 0.3) is 0 Å². The fraction of sp³-hybridized carbons (Fsp3) is 0.500. The Bertz CT molecular complexity index is 624. The molecule has 120 valence electrons. The van der Waals surface area contributed by atoms with Crippen LogP contribution in [0, 0.1) is 0 Å². The van der Waals surface area contributed by atoms with Gasteiger partial charge in [-0.3, -0.25) is 4.98 Å². The van der Waals surface area contributed by atoms with Crippen LogP contribution in [-0.4, -0.2) is 22.7 Å². The molecule has 0 radical (unpaired) electrons. The van der Waals surface area contributed by atoms with Crippen molar-refractivity contribution in [3.63, 3.8) is 0 Å². The van der Waals surface area contributed by atoms with Crippen LogP contribution in [0.3, 0.4) is 0 Å². The summed E-state index contributed by atoms with van der Waals surface area (Å²) in [4.78, 5) is 4.73. The number of nitrogens with zero attached hydrogens (tertiary/aromatic N) is 1. The van der Waals surface area contributed by atoms with Crippen LogP contribution in [0.1, 0.15) is 56.4 Å². The number of aliphatic hydroxyl groups excluding tert-OH is 1. The zero-order chi connectivity index (χ0) is 14.8. The topological polar surface area (TPSA) is 45.1 Å². The monoisotopic (exact) mass is 320 g/mol. The largest absolute Gasteiger partial charge is 0.387 e. The number of piperidine rings is 1. The Labute approximate surface area is 138 Å². The second-order valence-corrected chi connectivity index (χ2v) is 6.31. The highest BCUT2D eigenvalue weighted by molar-refractivity contribution is 5.85. The summed E-state index contributed by atoms with van der Waals surface area (Å²) >= 11 is 0. The molecule has 1 aliphatic heterocycles. The van der Waals surface area contributed by atoms with Crippen LogP contribution < -0.4 is 5.32 Å². The van der Waals surface area contributed by atoms with E-state index < -0.39 is 6.10 Å². The fourth-order valence-electron chi connectivity index (χ4n) is 3.13. The van der Waals surface area contributed by atoms with Crippen LogP contribution in [0.5, 0.6) is 0 Å². The van der Waals surface area contributed by atoms with E-state index in [0.29, 0.717) is 5.92 Å². The Hall–Kier alpha value is -1.16. The van der Waals surface area contributed by atoms with Crippen molar-refractivity contribution < 1.29 is 5.11 Å². The van der Waals surface area contributed by atoms with Crippen molar-refractivity contribution in [1.29, 1.82) is 0 Å². The van der Waals surface area contributed by atoms with Crippen molar-refractivity contribution in [1.82, 2.24) is 10.3 Å². The Morgan fingerprint density at radius 3 is 2.68 bits per heavy atom. The molecular weight excluding hydrogens is 296 g/mol. The molecule has 3 nitrogen and oxygen atoms in total. The normalized spacial score (nSPS) is 19.9. The molecular formula is C18H25ClN2O. The molecule has 2 unspecified atom stereocenters. The van der Waals surface area contributed by atoms with Gasteiger partial charge in [0, 0.05) is 17.1 Å². The standard InChI is InChI=1S/C18H24N2O.ClH/c1-12(2)17-11-14(13-7-3-4-8-15(13)20-17)18(21)16-9-5-6-10-19-16;/h3-4,7-8,11-12,16,18-19,21H,5-6,9-10H2,1-2H3;1H. The minimum atomic E-state index is -0.462. The first-order valence-corrected chi connectivity index (χ1v) is 7.98. The number of hydrogen-bond donors (Lipinski definition) is 2. The summed E-state index contributed by atoms with van der Waals surface area (Å²) in [6, 6.07) is 10.4. The van der Waals surface area contributed by atoms with Crippen molar-refractivity contribution >= 4 is 23.3 Å². The molecule has 0 aliphatic carbocycles. The van der Waals surface area contributed by atoms with E-state index in [-0.39, 0.29) is 18.4 Å². The predicted molar refractivity (Wildman–Crippen MR) is 93.7 cm³/mol. The number of hydrogen-bond acceptors (Lipinski definition) is 3. The smallest absolute Gasteiger partial charge is 0.0950 e. The van der Waals surface area contributed by atoms with Gasteiger partial charge in [-0.25, -0.2) is 0 Å². The lowest BCUT2D eigenvalue weighted by Crippen LogP contribution is -2.38. The maximum absolute atomic E-state index is 10.9. The van der Waals surface area contributed by atoms with Gasteiger partial charge < -0.3 is 10.4 Å². The Morgan fingerprint density at radius 1 is 1.23 bits per heavy atom. The molecule has 1 fully saturated rings. The summed E-state index contributed by atoms with van der Waals surface area (Å²) in [5.74, 6) is 0.361. The Kier molecular flexibility index (Phi) is 5.79. The maximum atomic E-state index is 10.9. The number of nitrogens with one attached hydrogen (secondary N) is 1. The number of benzene rings is 1. The molecule has 1 aromatic carbocycles. The fourth-order valence-corrected chi connectivity index (χ4v) is 3.13. The number of fused-ring (bicyclic) bond motifs is 1. The number of para-hydroxylation sites is 1. The van der Waals surface area contributed by atoms with Crippen LogP contribution in [0.15, 0.2) is 30.3 Å². The van der Waals surface area contributed by atoms with Crippen molar-refractivity contribution in [2.45, 2.75) is 51.2 Å². The van der Waals surface area contributed by atoms with Gasteiger partial charge in [0.2, 0.25) is 0 Å². The zero-order valence-electron chi connectivity index (χ0n) is 13.2. The minimum Gasteiger partial charge on any atom is -0.387 e. The Morgan fingerprint density at radius 2 is 2.00 bits per heavy atom. The first kappa shape index (κ1) is 17.2. The predicted octanol–water partition coefficient (Wildman–Crippen LogP) is 3.96. The third-order valence-corrected chi connectivity index (χ3v) is 4.41. The zero-order valence-corrected chi connectivity index (χ0v) is 14.1. The van der Waals surface area contributed by atoms with E-state index in [1.54, 1.807) is 0 Å². The number of aliphatic hydroxyl groups is 1. The lowest BCUT2D eigenvalue weighted by molar-refractivity contribution is 0.115. The molecule has 22 heavy (non-hydrogen) atoms. The van der Waals surface area contributed by atoms with Crippen LogP contribution in [0.4, 0.5) is 0 Å². The third-order valence-electron chi connectivity index (χ3n) is 4.41. The van der Waals surface area contributed by atoms with Gasteiger partial charge in [0.15, 0.2) is 0 Å². The third kappa shape index (κ3) is 3.43. The van der Waals surface area contributed by atoms with Gasteiger partial charge in [0.05, 0.1) is 11.6 Å². The molecule has 2 N–H and O–H groups in total. The van der Waals surface area contributed by atoms with Gasteiger partial charge in [0.1, 0.15) is 0 Å². The average Bonchev–Trinajstić information content (AvgIpc) is 2.54. The molecule has 1 aromatic heterocycles. The maximum Gasteiger partial charge on any atom is 0.0950 e. The highest BCUT2D eigenvalue weighted by Crippen LogP contribution is 2.30. The first-order valence-electron chi connectivity index (χ1n) is 7.98. The number of pyridine rings is 1. The van der Waals surface area contributed by atoms with Crippen molar-refractivity contribution in [2.24, 2.45) is 0 Å². The van der Waals surface area contributed by atoms with Crippen molar-refractivity contribution in [2.75, 3.05) is 6.54 Å². The van der Waals surface area contributed by atoms with Crippen LogP contribution in [-0.2, 0) is 0 Å². The summed E-state index contributed by atoms with van der Waals surface area (Å²) in [6.07, 6.45) is 2.97. The molecule has 4 heteroatoms. The number of rotatable bonds is 3. The average molecular weight is 321 g/mol. The van der Waals surface area contributed by atoms with Gasteiger partial charge in [-0.2, -0.15) is 0 Å². The molecule has 2 atom stereocenters. The quantitative estimate of drug-likeness (QED) is 0.900. The SMILES string of the molecule is CC(C)c1cc(C(O)C2CCCCN2)c2ccccc2n1.Cl. The highest BCUT2D eigenvalue weighted by Gasteiger charge is 2.25. The van der Waals surface area contributed by atoms with E-state index >= 15 is 0 Å². The molecule has 2 aromatic rings. The van der Waals surface area contributed by atoms with E-state index in [2.05, 4.69) is 31.3 Å². The summed E-state index contributed by atoms with van der Waals surface area (Å²) in [5.41, 5.74) is 3.05. The molecule has 0 bridgehead atoms. The van der Waals surface area contributed by atoms with E-state index in [1.807, 2.05) is 18.2 Å². The molecule has 1 saturated heterocycles. The van der Waals surface area contributed by atoms with Crippen LogP contribution in [0.2, 0.25) is 0 Å². The lowest BCUT2D eigenvalue weighted by Gasteiger charge is -2.29. The van der Waals surface area contributed by atoms with E-state index in [9.17, 15) is 5.11 Å². The molecule has 0 spiro atoms. The van der Waals surface area contributed by atoms with Crippen LogP contribution in [0.25, 0.3) is 10.9 Å². The summed E-state index contributed by atoms with van der Waals surface area (Å²) in [5, 5.41) is 15.4. The molecule has 2 heterocycles. The highest BCUT2D eigenvalue weighted by atomic mass is 35.5. The van der Waals surface area contributed by atoms with E-state index in [0.717, 1.165) is 35.1 Å². The van der Waals surface area contributed by atoms with Crippen molar-refractivity contribution in [3.8, 4) is 0 Å². The van der Waals surface area contributed by atoms with Gasteiger partial charge in [-0.15, -0.1) is 12.4 Å². The van der Waals surface area contributed by atoms with Gasteiger partial charge in [-0.1, -0.05) is 38.5 Å². The van der Waals surface area contributed by atoms with Gasteiger partial charge >= 0.3 is 0 Å². The van der Waals surface area contributed by atoms with Gasteiger partial charge in [-0.05, 0) is 43.0 Å². The minimum absolute atomic E-state index is 0. The summed E-state index contributed by atoms with van der Waals surface area (Å²) < 4.78 is 0. The van der Waals surface area contributed by atoms with Crippen molar-refractivity contribution in [3.05, 3.63) is 41.6 Å². The molecule has 3 rings (SSSR count). The second-order valence-electron chi connectivity index (χ2n) is 6.31. The van der Waals surface area contributed by atoms with Crippen LogP contribution >= 0.6 is 12.4 Å². The first-order chi connectivity index (χ1) is 10.2. The lowest BCUT2D eigenvalue weighted by atomic mass is 9.91. The number of halogens is 1. The van der Waals surface area contributed by atoms with E-state index in [1.165, 1.54) is 12.8 Å². The molecule has 0 amide bonds. The number of aromatic nitrogens is 1. The van der Waals surface area contributed by atoms with E-state index in [4.69, 9.17) is 4.98 Å². The summed E-state index contributed by atoms with van der Waals surface area (Å²) in [6.45, 7) is 5.29. The summed E-state index contributed by atoms with van der Waals surface area (Å²) in [7, 11) is 0. The second kappa shape index (κ2) is 7.40.